The second-order valence-corrected chi connectivity index (χ2v) is 10.2. The molecule has 5 nitrogen and oxygen atoms in total. The third-order valence-electron chi connectivity index (χ3n) is 6.96. The van der Waals surface area contributed by atoms with E-state index < -0.39 is 0 Å². The predicted octanol–water partition coefficient (Wildman–Crippen LogP) is 6.43. The summed E-state index contributed by atoms with van der Waals surface area (Å²) in [4.78, 5) is 26.4. The summed E-state index contributed by atoms with van der Waals surface area (Å²) in [5.74, 6) is 1.89. The first kappa shape index (κ1) is 21.8. The van der Waals surface area contributed by atoms with Crippen molar-refractivity contribution in [3.63, 3.8) is 0 Å². The number of thiophene rings is 1. The van der Waals surface area contributed by atoms with Crippen LogP contribution >= 0.6 is 11.3 Å². The molecule has 0 amide bonds. The number of nitrogens with zero attached hydrogens (tertiary/aromatic N) is 2. The summed E-state index contributed by atoms with van der Waals surface area (Å²) in [5, 5.41) is 1.38. The lowest BCUT2D eigenvalue weighted by atomic mass is 9.81. The van der Waals surface area contributed by atoms with Gasteiger partial charge < -0.3 is 15.5 Å². The number of nitrogens with one attached hydrogen (secondary N) is 1. The Kier molecular flexibility index (Phi) is 6.02. The molecule has 0 atom stereocenters. The number of fused-ring (bicyclic) bond motifs is 1. The Labute approximate surface area is 188 Å². The highest BCUT2D eigenvalue weighted by Gasteiger charge is 2.28. The molecule has 0 aliphatic heterocycles. The van der Waals surface area contributed by atoms with Crippen LogP contribution in [0.4, 0.5) is 5.82 Å². The summed E-state index contributed by atoms with van der Waals surface area (Å²) in [6.07, 6.45) is 8.63. The topological polar surface area (TPSA) is 84.1 Å². The van der Waals surface area contributed by atoms with Gasteiger partial charge in [-0.05, 0) is 80.5 Å². The zero-order chi connectivity index (χ0) is 22.3. The van der Waals surface area contributed by atoms with E-state index in [1.54, 1.807) is 0 Å². The fourth-order valence-electron chi connectivity index (χ4n) is 5.09. The molecule has 3 aromatic rings. The van der Waals surface area contributed by atoms with Crippen LogP contribution in [0.2, 0.25) is 0 Å². The van der Waals surface area contributed by atoms with Gasteiger partial charge in [-0.2, -0.15) is 0 Å². The minimum absolute atomic E-state index is 0.254. The Bertz CT molecular complexity index is 1150. The van der Waals surface area contributed by atoms with Gasteiger partial charge in [-0.25, -0.2) is 9.98 Å². The number of carbonyl (C=O) groups is 1. The summed E-state index contributed by atoms with van der Waals surface area (Å²) in [7, 11) is 0. The lowest BCUT2D eigenvalue weighted by molar-refractivity contribution is -0.111. The standard InChI is InChI=1S/C25H32N4OS/c1-13(2)20-21-16(5)23(18-8-6-17(11-30)7-9-18)31-25(21)29-22(20)19-10-27-24(28-12-26)15(4)14(19)3/h10-13,17-18,29H,6-9H2,1-5H3,(H2,26,27,28). The summed E-state index contributed by atoms with van der Waals surface area (Å²) >= 11 is 1.90. The van der Waals surface area contributed by atoms with Gasteiger partial charge in [-0.1, -0.05) is 13.8 Å². The van der Waals surface area contributed by atoms with E-state index >= 15 is 0 Å². The molecule has 0 aromatic carbocycles. The SMILES string of the molecule is Cc1c(-c2[nH]c3sc(C4CCC(C=O)CC4)c(C)c3c2C(C)C)cnc(N=CN)c1C. The van der Waals surface area contributed by atoms with Gasteiger partial charge >= 0.3 is 0 Å². The number of aromatic nitrogens is 2. The van der Waals surface area contributed by atoms with Crippen molar-refractivity contribution in [2.45, 2.75) is 72.1 Å². The van der Waals surface area contributed by atoms with Crippen molar-refractivity contribution >= 4 is 40.0 Å². The summed E-state index contributed by atoms with van der Waals surface area (Å²) in [6, 6.07) is 0. The Morgan fingerprint density at radius 3 is 2.48 bits per heavy atom. The van der Waals surface area contributed by atoms with E-state index in [0.717, 1.165) is 43.1 Å². The van der Waals surface area contributed by atoms with Crippen LogP contribution in [0.15, 0.2) is 11.2 Å². The van der Waals surface area contributed by atoms with Crippen LogP contribution in [-0.4, -0.2) is 22.6 Å². The molecule has 3 heterocycles. The zero-order valence-electron chi connectivity index (χ0n) is 19.1. The molecule has 1 aliphatic rings. The molecule has 6 heteroatoms. The average Bonchev–Trinajstić information content (AvgIpc) is 3.28. The maximum atomic E-state index is 11.1. The Morgan fingerprint density at radius 2 is 1.87 bits per heavy atom. The molecule has 3 N–H and O–H groups in total. The number of H-pyrrole nitrogens is 1. The van der Waals surface area contributed by atoms with Crippen LogP contribution < -0.4 is 5.73 Å². The number of rotatable bonds is 5. The predicted molar refractivity (Wildman–Crippen MR) is 131 cm³/mol. The number of nitrogens with two attached hydrogens (primary N) is 1. The van der Waals surface area contributed by atoms with Gasteiger partial charge in [-0.15, -0.1) is 11.3 Å². The van der Waals surface area contributed by atoms with Crippen molar-refractivity contribution in [1.29, 1.82) is 0 Å². The normalized spacial score (nSPS) is 19.7. The highest BCUT2D eigenvalue weighted by atomic mass is 32.1. The van der Waals surface area contributed by atoms with Crippen molar-refractivity contribution < 1.29 is 4.79 Å². The molecule has 1 saturated carbocycles. The Morgan fingerprint density at radius 1 is 1.16 bits per heavy atom. The van der Waals surface area contributed by atoms with E-state index in [9.17, 15) is 4.79 Å². The molecule has 164 valence electrons. The minimum Gasteiger partial charge on any atom is -0.390 e. The third kappa shape index (κ3) is 3.71. The van der Waals surface area contributed by atoms with Crippen LogP contribution in [-0.2, 0) is 4.79 Å². The van der Waals surface area contributed by atoms with Crippen molar-refractivity contribution in [2.75, 3.05) is 0 Å². The lowest BCUT2D eigenvalue weighted by Gasteiger charge is -2.25. The van der Waals surface area contributed by atoms with E-state index in [0.29, 0.717) is 17.7 Å². The fourth-order valence-corrected chi connectivity index (χ4v) is 6.48. The second kappa shape index (κ2) is 8.58. The van der Waals surface area contributed by atoms with Gasteiger partial charge in [0.15, 0.2) is 5.82 Å². The average molecular weight is 437 g/mol. The molecule has 0 saturated heterocycles. The molecule has 0 unspecified atom stereocenters. The van der Waals surface area contributed by atoms with Crippen molar-refractivity contribution in [2.24, 2.45) is 16.6 Å². The highest BCUT2D eigenvalue weighted by molar-refractivity contribution is 7.19. The molecule has 31 heavy (non-hydrogen) atoms. The number of aldehydes is 1. The smallest absolute Gasteiger partial charge is 0.156 e. The number of carbonyl (C=O) groups excluding carboxylic acids is 1. The van der Waals surface area contributed by atoms with E-state index in [4.69, 9.17) is 5.73 Å². The van der Waals surface area contributed by atoms with Crippen LogP contribution in [0.5, 0.6) is 0 Å². The van der Waals surface area contributed by atoms with E-state index in [-0.39, 0.29) is 5.92 Å². The molecule has 1 aliphatic carbocycles. The maximum absolute atomic E-state index is 11.1. The van der Waals surface area contributed by atoms with Crippen LogP contribution in [0, 0.1) is 26.7 Å². The van der Waals surface area contributed by atoms with Gasteiger partial charge in [0.1, 0.15) is 11.1 Å². The largest absolute Gasteiger partial charge is 0.390 e. The molecule has 1 fully saturated rings. The molecule has 0 spiro atoms. The van der Waals surface area contributed by atoms with Crippen LogP contribution in [0.3, 0.4) is 0 Å². The third-order valence-corrected chi connectivity index (χ3v) is 8.33. The zero-order valence-corrected chi connectivity index (χ0v) is 19.9. The number of pyridine rings is 1. The van der Waals surface area contributed by atoms with E-state index in [1.807, 2.05) is 24.5 Å². The quantitative estimate of drug-likeness (QED) is 0.274. The van der Waals surface area contributed by atoms with Gasteiger partial charge in [0.2, 0.25) is 0 Å². The fraction of sp³-hybridized carbons (Fsp3) is 0.480. The van der Waals surface area contributed by atoms with Gasteiger partial charge in [0.05, 0.1) is 12.0 Å². The Balaban J connectivity index is 1.81. The number of aliphatic imine (C=N–C) groups is 1. The molecule has 4 rings (SSSR count). The monoisotopic (exact) mass is 436 g/mol. The second-order valence-electron chi connectivity index (χ2n) is 9.14. The number of hydrogen-bond acceptors (Lipinski definition) is 4. The molecule has 0 radical (unpaired) electrons. The number of aromatic amines is 1. The van der Waals surface area contributed by atoms with Gasteiger partial charge in [-0.3, -0.25) is 0 Å². The highest BCUT2D eigenvalue weighted by Crippen LogP contribution is 2.47. The number of hydrogen-bond donors (Lipinski definition) is 2. The van der Waals surface area contributed by atoms with Crippen LogP contribution in [0.1, 0.15) is 78.5 Å². The first-order valence-corrected chi connectivity index (χ1v) is 12.0. The molecule has 3 aromatic heterocycles. The first-order valence-electron chi connectivity index (χ1n) is 11.2. The summed E-state index contributed by atoms with van der Waals surface area (Å²) in [5.41, 5.74) is 12.8. The molecular formula is C25H32N4OS. The first-order chi connectivity index (χ1) is 14.9. The van der Waals surface area contributed by atoms with Gasteiger partial charge in [0.25, 0.3) is 0 Å². The maximum Gasteiger partial charge on any atom is 0.156 e. The van der Waals surface area contributed by atoms with E-state index in [2.05, 4.69) is 42.7 Å². The number of aryl methyl sites for hydroxylation is 1. The summed E-state index contributed by atoms with van der Waals surface area (Å²) in [6.45, 7) is 11.0. The van der Waals surface area contributed by atoms with Crippen LogP contribution in [0.25, 0.3) is 21.5 Å². The molecular weight excluding hydrogens is 404 g/mol. The summed E-state index contributed by atoms with van der Waals surface area (Å²) < 4.78 is 0. The minimum atomic E-state index is 0.254. The van der Waals surface area contributed by atoms with Crippen molar-refractivity contribution in [3.8, 4) is 11.3 Å². The lowest BCUT2D eigenvalue weighted by Crippen LogP contribution is -2.13. The molecule has 0 bridgehead atoms. The van der Waals surface area contributed by atoms with Crippen molar-refractivity contribution in [1.82, 2.24) is 9.97 Å². The van der Waals surface area contributed by atoms with Crippen molar-refractivity contribution in [3.05, 3.63) is 33.3 Å². The van der Waals surface area contributed by atoms with Gasteiger partial charge in [0, 0.05) is 27.9 Å². The van der Waals surface area contributed by atoms with E-state index in [1.165, 1.54) is 43.8 Å². The Hall–Kier alpha value is -2.47.